The number of phosphoric ester groups is 1. The van der Waals surface area contributed by atoms with Gasteiger partial charge in [-0.05, 0) is 57.8 Å². The van der Waals surface area contributed by atoms with E-state index in [1.807, 2.05) is 21.1 Å². The van der Waals surface area contributed by atoms with Crippen LogP contribution in [0.3, 0.4) is 0 Å². The third kappa shape index (κ3) is 38.2. The third-order valence-corrected chi connectivity index (χ3v) is 9.94. The third-order valence-electron chi connectivity index (χ3n) is 8.95. The van der Waals surface area contributed by atoms with Gasteiger partial charge in [0.2, 0.25) is 0 Å². The van der Waals surface area contributed by atoms with Crippen molar-refractivity contribution in [1.82, 2.24) is 0 Å². The van der Waals surface area contributed by atoms with Gasteiger partial charge >= 0.3 is 19.8 Å². The molecule has 0 spiro atoms. The molecule has 0 saturated heterocycles. The zero-order chi connectivity index (χ0) is 38.6. The van der Waals surface area contributed by atoms with Gasteiger partial charge in [-0.3, -0.25) is 18.6 Å². The van der Waals surface area contributed by atoms with Crippen LogP contribution in [0.1, 0.15) is 181 Å². The average molecular weight is 759 g/mol. The molecule has 0 bridgehead atoms. The molecule has 0 fully saturated rings. The van der Waals surface area contributed by atoms with E-state index in [1.54, 1.807) is 0 Å². The summed E-state index contributed by atoms with van der Waals surface area (Å²) < 4.78 is 34.2. The van der Waals surface area contributed by atoms with Crippen LogP contribution >= 0.6 is 7.82 Å². The maximum absolute atomic E-state index is 12.7. The monoisotopic (exact) mass is 759 g/mol. The van der Waals surface area contributed by atoms with E-state index in [0.29, 0.717) is 17.4 Å². The van der Waals surface area contributed by atoms with E-state index in [1.165, 1.54) is 77.0 Å². The largest absolute Gasteiger partial charge is 0.472 e. The van der Waals surface area contributed by atoms with Gasteiger partial charge in [0.25, 0.3) is 0 Å². The molecule has 2 unspecified atom stereocenters. The molecule has 0 heterocycles. The number of likely N-dealkylation sites (N-methyl/N-ethyl adjacent to an activating group) is 1. The summed E-state index contributed by atoms with van der Waals surface area (Å²) >= 11 is 0. The van der Waals surface area contributed by atoms with Crippen molar-refractivity contribution >= 4 is 19.8 Å². The Kier molecular flexibility index (Phi) is 34.2. The molecule has 10 heteroatoms. The van der Waals surface area contributed by atoms with Gasteiger partial charge < -0.3 is 18.9 Å². The van der Waals surface area contributed by atoms with Gasteiger partial charge in [0, 0.05) is 12.8 Å². The van der Waals surface area contributed by atoms with Crippen molar-refractivity contribution in [3.05, 3.63) is 24.3 Å². The molecular weight excluding hydrogens is 677 g/mol. The predicted molar refractivity (Wildman–Crippen MR) is 215 cm³/mol. The van der Waals surface area contributed by atoms with Gasteiger partial charge in [-0.2, -0.15) is 0 Å². The van der Waals surface area contributed by atoms with Gasteiger partial charge in [-0.15, -0.1) is 0 Å². The maximum atomic E-state index is 12.7. The summed E-state index contributed by atoms with van der Waals surface area (Å²) in [6, 6.07) is 0. The van der Waals surface area contributed by atoms with Crippen LogP contribution in [0.15, 0.2) is 24.3 Å². The Labute approximate surface area is 319 Å². The number of carbonyl (C=O) groups is 2. The lowest BCUT2D eigenvalue weighted by atomic mass is 10.1. The van der Waals surface area contributed by atoms with Gasteiger partial charge in [0.15, 0.2) is 6.10 Å². The van der Waals surface area contributed by atoms with Crippen molar-refractivity contribution in [3.8, 4) is 0 Å². The Bertz CT molecular complexity index is 949. The van der Waals surface area contributed by atoms with Crippen LogP contribution in [0, 0.1) is 0 Å². The van der Waals surface area contributed by atoms with E-state index in [0.717, 1.165) is 70.6 Å². The normalized spacial score (nSPS) is 13.9. The highest BCUT2D eigenvalue weighted by atomic mass is 31.2. The lowest BCUT2D eigenvalue weighted by molar-refractivity contribution is -0.870. The topological polar surface area (TPSA) is 108 Å². The van der Waals surface area contributed by atoms with Crippen LogP contribution in [0.25, 0.3) is 0 Å². The molecule has 9 nitrogen and oxygen atoms in total. The molecular formula is C42H81NO8P+. The summed E-state index contributed by atoms with van der Waals surface area (Å²) in [6.45, 7) is 4.36. The van der Waals surface area contributed by atoms with Crippen LogP contribution in [0.4, 0.5) is 0 Å². The first kappa shape index (κ1) is 50.5. The minimum atomic E-state index is -4.37. The first-order valence-electron chi connectivity index (χ1n) is 21.1. The van der Waals surface area contributed by atoms with E-state index in [2.05, 4.69) is 38.2 Å². The second-order valence-corrected chi connectivity index (χ2v) is 16.8. The summed E-state index contributed by atoms with van der Waals surface area (Å²) in [4.78, 5) is 35.2. The summed E-state index contributed by atoms with van der Waals surface area (Å²) in [7, 11) is 1.47. The molecule has 0 aromatic heterocycles. The standard InChI is InChI=1S/C42H80NO8P/c1-6-8-10-12-14-16-18-19-20-21-22-23-25-27-29-31-33-35-42(45)51-40(39-50-52(46,47)49-37-36-43(3,4)5)38-48-41(44)34-32-30-28-26-24-17-15-13-11-9-7-2/h13,15,19-20,40H,6-12,14,16-18,21-39H2,1-5H3/p+1/b15-13-,20-19-. The van der Waals surface area contributed by atoms with Gasteiger partial charge in [-0.1, -0.05) is 134 Å². The lowest BCUT2D eigenvalue weighted by Gasteiger charge is -2.24. The van der Waals surface area contributed by atoms with Crippen molar-refractivity contribution in [2.24, 2.45) is 0 Å². The smallest absolute Gasteiger partial charge is 0.462 e. The Morgan fingerprint density at radius 1 is 0.577 bits per heavy atom. The van der Waals surface area contributed by atoms with Crippen LogP contribution in [0.2, 0.25) is 0 Å². The molecule has 1 N–H and O–H groups in total. The summed E-state index contributed by atoms with van der Waals surface area (Å²) in [6.07, 6.45) is 36.5. The molecule has 0 aliphatic heterocycles. The first-order chi connectivity index (χ1) is 25.0. The number of quaternary nitrogens is 1. The molecule has 0 aliphatic rings. The summed E-state index contributed by atoms with van der Waals surface area (Å²) in [5.74, 6) is -0.813. The Morgan fingerprint density at radius 2 is 1.00 bits per heavy atom. The van der Waals surface area contributed by atoms with Crippen LogP contribution < -0.4 is 0 Å². The van der Waals surface area contributed by atoms with Crippen molar-refractivity contribution < 1.29 is 42.1 Å². The van der Waals surface area contributed by atoms with E-state index in [9.17, 15) is 19.0 Å². The number of hydrogen-bond acceptors (Lipinski definition) is 7. The van der Waals surface area contributed by atoms with E-state index >= 15 is 0 Å². The van der Waals surface area contributed by atoms with Gasteiger partial charge in [-0.25, -0.2) is 4.57 Å². The fourth-order valence-corrected chi connectivity index (χ4v) is 6.32. The van der Waals surface area contributed by atoms with Crippen molar-refractivity contribution in [1.29, 1.82) is 0 Å². The Morgan fingerprint density at radius 3 is 1.48 bits per heavy atom. The molecule has 0 amide bonds. The molecule has 306 valence electrons. The summed E-state index contributed by atoms with van der Waals surface area (Å²) in [5, 5.41) is 0. The number of phosphoric acid groups is 1. The number of carbonyl (C=O) groups excluding carboxylic acids is 2. The zero-order valence-corrected chi connectivity index (χ0v) is 35.2. The number of ether oxygens (including phenoxy) is 2. The average Bonchev–Trinajstić information content (AvgIpc) is 3.09. The molecule has 52 heavy (non-hydrogen) atoms. The Hall–Kier alpha value is -1.51. The molecule has 0 radical (unpaired) electrons. The number of nitrogens with zero attached hydrogens (tertiary/aromatic N) is 1. The van der Waals surface area contributed by atoms with Crippen molar-refractivity contribution in [2.75, 3.05) is 47.5 Å². The molecule has 0 aromatic carbocycles. The number of allylic oxidation sites excluding steroid dienone is 4. The minimum Gasteiger partial charge on any atom is -0.462 e. The van der Waals surface area contributed by atoms with E-state index in [4.69, 9.17) is 18.5 Å². The minimum absolute atomic E-state index is 0.0305. The number of hydrogen-bond donors (Lipinski definition) is 1. The summed E-state index contributed by atoms with van der Waals surface area (Å²) in [5.41, 5.74) is 0. The van der Waals surface area contributed by atoms with Gasteiger partial charge in [0.05, 0.1) is 27.7 Å². The molecule has 0 rings (SSSR count). The molecule has 0 saturated carbocycles. The van der Waals surface area contributed by atoms with Crippen molar-refractivity contribution in [3.63, 3.8) is 0 Å². The fourth-order valence-electron chi connectivity index (χ4n) is 5.58. The molecule has 2 atom stereocenters. The van der Waals surface area contributed by atoms with E-state index in [-0.39, 0.29) is 32.0 Å². The zero-order valence-electron chi connectivity index (χ0n) is 34.3. The van der Waals surface area contributed by atoms with Crippen molar-refractivity contribution in [2.45, 2.75) is 187 Å². The number of rotatable bonds is 38. The highest BCUT2D eigenvalue weighted by Gasteiger charge is 2.27. The first-order valence-corrected chi connectivity index (χ1v) is 22.6. The molecule has 0 aliphatic carbocycles. The fraction of sp³-hybridized carbons (Fsp3) is 0.857. The SMILES string of the molecule is CCCC/C=C\CCCCCCCC(=O)OCC(COP(=O)(O)OCC[N+](C)(C)C)OC(=O)CCCCCCCCC/C=C\CCCCCCCC. The van der Waals surface area contributed by atoms with Gasteiger partial charge in [0.1, 0.15) is 19.8 Å². The lowest BCUT2D eigenvalue weighted by Crippen LogP contribution is -2.37. The number of esters is 2. The predicted octanol–water partition coefficient (Wildman–Crippen LogP) is 11.6. The highest BCUT2D eigenvalue weighted by molar-refractivity contribution is 7.47. The number of unbranched alkanes of at least 4 members (excludes halogenated alkanes) is 20. The second-order valence-electron chi connectivity index (χ2n) is 15.4. The van der Waals surface area contributed by atoms with Crippen LogP contribution in [-0.4, -0.2) is 74.9 Å². The second kappa shape index (κ2) is 35.2. The van der Waals surface area contributed by atoms with Crippen LogP contribution in [-0.2, 0) is 32.7 Å². The molecule has 0 aromatic rings. The maximum Gasteiger partial charge on any atom is 0.472 e. The highest BCUT2D eigenvalue weighted by Crippen LogP contribution is 2.43. The van der Waals surface area contributed by atoms with Crippen LogP contribution in [0.5, 0.6) is 0 Å². The Balaban J connectivity index is 4.37. The quantitative estimate of drug-likeness (QED) is 0.0218. The van der Waals surface area contributed by atoms with E-state index < -0.39 is 26.5 Å².